The zero-order valence-electron chi connectivity index (χ0n) is 3.90. The van der Waals surface area contributed by atoms with Crippen LogP contribution in [0.3, 0.4) is 0 Å². The highest BCUT2D eigenvalue weighted by Gasteiger charge is 2.12. The highest BCUT2D eigenvalue weighted by atomic mass is 19.3. The first-order valence-electron chi connectivity index (χ1n) is 1.82. The van der Waals surface area contributed by atoms with Crippen molar-refractivity contribution < 1.29 is 13.6 Å². The van der Waals surface area contributed by atoms with Crippen LogP contribution in [-0.4, -0.2) is 12.5 Å². The molecule has 0 aromatic rings. The maximum Gasteiger partial charge on any atom is 0.266 e. The van der Waals surface area contributed by atoms with Crippen molar-refractivity contribution in [1.29, 1.82) is 0 Å². The Morgan fingerprint density at radius 1 is 1.57 bits per heavy atom. The van der Waals surface area contributed by atoms with Crippen molar-refractivity contribution in [3.8, 4) is 0 Å². The van der Waals surface area contributed by atoms with E-state index in [1.165, 1.54) is 6.92 Å². The van der Waals surface area contributed by atoms with E-state index in [1.54, 1.807) is 0 Å². The summed E-state index contributed by atoms with van der Waals surface area (Å²) < 4.78 is 22.4. The Kier molecular flexibility index (Phi) is 2.78. The molecule has 0 heterocycles. The number of halogens is 2. The minimum Gasteiger partial charge on any atom is -0.296 e. The molecule has 0 aliphatic rings. The third-order valence-electron chi connectivity index (χ3n) is 0.569. The molecular formula is C3H7F2NO. The van der Waals surface area contributed by atoms with Gasteiger partial charge in [-0.25, -0.2) is 14.7 Å². The normalized spacial score (nSPS) is 15.0. The van der Waals surface area contributed by atoms with Gasteiger partial charge in [0.15, 0.2) is 0 Å². The number of alkyl halides is 2. The van der Waals surface area contributed by atoms with E-state index in [0.717, 1.165) is 0 Å². The second-order valence-electron chi connectivity index (χ2n) is 1.18. The summed E-state index contributed by atoms with van der Waals surface area (Å²) in [4.78, 5) is 3.76. The molecule has 0 aromatic heterocycles. The maximum atomic E-state index is 11.2. The van der Waals surface area contributed by atoms with Gasteiger partial charge >= 0.3 is 0 Å². The smallest absolute Gasteiger partial charge is 0.266 e. The zero-order valence-corrected chi connectivity index (χ0v) is 3.90. The lowest BCUT2D eigenvalue weighted by molar-refractivity contribution is -0.0463. The molecule has 7 heavy (non-hydrogen) atoms. The minimum absolute atomic E-state index is 1.15. The van der Waals surface area contributed by atoms with E-state index in [1.807, 2.05) is 0 Å². The van der Waals surface area contributed by atoms with Crippen LogP contribution in [0, 0.1) is 0 Å². The van der Waals surface area contributed by atoms with Crippen molar-refractivity contribution in [1.82, 2.24) is 0 Å². The van der Waals surface area contributed by atoms with Gasteiger partial charge in [0.25, 0.3) is 6.43 Å². The summed E-state index contributed by atoms with van der Waals surface area (Å²) in [7, 11) is 0. The SMILES string of the molecule is CC(ON)C(F)F. The standard InChI is InChI=1S/C3H7F2NO/c1-2(7-6)3(4)5/h2-3H,6H2,1H3. The maximum absolute atomic E-state index is 11.2. The van der Waals surface area contributed by atoms with Crippen molar-refractivity contribution in [2.45, 2.75) is 19.5 Å². The second kappa shape index (κ2) is 2.87. The Labute approximate surface area is 40.2 Å². The quantitative estimate of drug-likeness (QED) is 0.527. The van der Waals surface area contributed by atoms with Gasteiger partial charge in [-0.1, -0.05) is 0 Å². The highest BCUT2D eigenvalue weighted by Crippen LogP contribution is 2.00. The van der Waals surface area contributed by atoms with Crippen LogP contribution in [0.1, 0.15) is 6.92 Å². The lowest BCUT2D eigenvalue weighted by Gasteiger charge is -2.03. The fraction of sp³-hybridized carbons (Fsp3) is 1.00. The topological polar surface area (TPSA) is 35.2 Å². The third-order valence-corrected chi connectivity index (χ3v) is 0.569. The molecule has 0 aliphatic heterocycles. The summed E-state index contributed by atoms with van der Waals surface area (Å²) in [6, 6.07) is 0. The molecular weight excluding hydrogens is 104 g/mol. The van der Waals surface area contributed by atoms with E-state index in [0.29, 0.717) is 0 Å². The van der Waals surface area contributed by atoms with Crippen LogP contribution >= 0.6 is 0 Å². The largest absolute Gasteiger partial charge is 0.296 e. The molecule has 44 valence electrons. The van der Waals surface area contributed by atoms with Gasteiger partial charge in [0.05, 0.1) is 0 Å². The van der Waals surface area contributed by atoms with Crippen molar-refractivity contribution in [2.75, 3.05) is 0 Å². The molecule has 0 saturated carbocycles. The van der Waals surface area contributed by atoms with E-state index in [2.05, 4.69) is 10.7 Å². The van der Waals surface area contributed by atoms with Gasteiger partial charge in [0.1, 0.15) is 6.10 Å². The van der Waals surface area contributed by atoms with Gasteiger partial charge in [-0.15, -0.1) is 0 Å². The van der Waals surface area contributed by atoms with E-state index in [9.17, 15) is 8.78 Å². The predicted octanol–water partition coefficient (Wildman–Crippen LogP) is 0.530. The molecule has 0 amide bonds. The molecule has 1 atom stereocenters. The van der Waals surface area contributed by atoms with E-state index < -0.39 is 12.5 Å². The highest BCUT2D eigenvalue weighted by molar-refractivity contribution is 4.47. The van der Waals surface area contributed by atoms with Gasteiger partial charge in [0.2, 0.25) is 0 Å². The number of nitrogens with two attached hydrogens (primary N) is 1. The van der Waals surface area contributed by atoms with E-state index in [4.69, 9.17) is 0 Å². The van der Waals surface area contributed by atoms with Crippen molar-refractivity contribution in [3.63, 3.8) is 0 Å². The molecule has 0 bridgehead atoms. The molecule has 0 spiro atoms. The van der Waals surface area contributed by atoms with Crippen LogP contribution in [0.2, 0.25) is 0 Å². The average molecular weight is 111 g/mol. The molecule has 0 radical (unpaired) electrons. The summed E-state index contributed by atoms with van der Waals surface area (Å²) in [5.41, 5.74) is 0. The predicted molar refractivity (Wildman–Crippen MR) is 20.7 cm³/mol. The van der Waals surface area contributed by atoms with Crippen LogP contribution in [0.25, 0.3) is 0 Å². The summed E-state index contributed by atoms with van der Waals surface area (Å²) in [5.74, 6) is 4.39. The van der Waals surface area contributed by atoms with Gasteiger partial charge in [-0.2, -0.15) is 0 Å². The zero-order chi connectivity index (χ0) is 5.86. The minimum atomic E-state index is -2.48. The lowest BCUT2D eigenvalue weighted by Crippen LogP contribution is -2.21. The summed E-state index contributed by atoms with van der Waals surface area (Å²) >= 11 is 0. The Hall–Kier alpha value is -0.220. The molecule has 2 nitrogen and oxygen atoms in total. The molecule has 1 unspecified atom stereocenters. The summed E-state index contributed by atoms with van der Waals surface area (Å²) in [6.07, 6.45) is -3.63. The van der Waals surface area contributed by atoms with Gasteiger partial charge in [-0.05, 0) is 6.92 Å². The van der Waals surface area contributed by atoms with Crippen molar-refractivity contribution >= 4 is 0 Å². The summed E-state index contributed by atoms with van der Waals surface area (Å²) in [6.45, 7) is 1.20. The fourth-order valence-electron chi connectivity index (χ4n) is 0.0594. The molecule has 0 aliphatic carbocycles. The molecule has 0 saturated heterocycles. The fourth-order valence-corrected chi connectivity index (χ4v) is 0.0594. The van der Waals surface area contributed by atoms with Crippen molar-refractivity contribution in [2.24, 2.45) is 5.90 Å². The Morgan fingerprint density at radius 3 is 2.00 bits per heavy atom. The molecule has 0 fully saturated rings. The first kappa shape index (κ1) is 6.78. The molecule has 2 N–H and O–H groups in total. The van der Waals surface area contributed by atoms with Gasteiger partial charge in [-0.3, -0.25) is 4.84 Å². The Morgan fingerprint density at radius 2 is 2.00 bits per heavy atom. The van der Waals surface area contributed by atoms with Gasteiger partial charge in [0, 0.05) is 0 Å². The number of hydrogen-bond donors (Lipinski definition) is 1. The number of hydrogen-bond acceptors (Lipinski definition) is 2. The Bertz CT molecular complexity index is 50.2. The molecule has 0 rings (SSSR count). The van der Waals surface area contributed by atoms with Crippen LogP contribution in [0.4, 0.5) is 8.78 Å². The first-order chi connectivity index (χ1) is 3.18. The van der Waals surface area contributed by atoms with Crippen LogP contribution in [-0.2, 0) is 4.84 Å². The Balaban J connectivity index is 3.14. The van der Waals surface area contributed by atoms with Gasteiger partial charge < -0.3 is 0 Å². The third kappa shape index (κ3) is 2.47. The lowest BCUT2D eigenvalue weighted by atomic mass is 10.4. The second-order valence-corrected chi connectivity index (χ2v) is 1.18. The monoisotopic (exact) mass is 111 g/mol. The van der Waals surface area contributed by atoms with Crippen LogP contribution in [0.5, 0.6) is 0 Å². The van der Waals surface area contributed by atoms with Crippen LogP contribution in [0.15, 0.2) is 0 Å². The molecule has 0 aromatic carbocycles. The summed E-state index contributed by atoms with van der Waals surface area (Å²) in [5, 5.41) is 0. The van der Waals surface area contributed by atoms with E-state index in [-0.39, 0.29) is 0 Å². The van der Waals surface area contributed by atoms with E-state index >= 15 is 0 Å². The average Bonchev–Trinajstić information content (AvgIpc) is 1.65. The van der Waals surface area contributed by atoms with Crippen LogP contribution < -0.4 is 5.90 Å². The van der Waals surface area contributed by atoms with Crippen molar-refractivity contribution in [3.05, 3.63) is 0 Å². The number of rotatable bonds is 2. The first-order valence-corrected chi connectivity index (χ1v) is 1.82. The molecule has 4 heteroatoms.